The molecule has 1 fully saturated rings. The lowest BCUT2D eigenvalue weighted by Crippen LogP contribution is -2.48. The molecule has 2 aromatic heterocycles. The molecule has 1 amide bonds. The number of piperidine rings is 1. The first-order valence-electron chi connectivity index (χ1n) is 13.1. The van der Waals surface area contributed by atoms with E-state index >= 15 is 0 Å². The minimum absolute atomic E-state index is 0.00114. The third-order valence-electron chi connectivity index (χ3n) is 8.12. The molecule has 0 unspecified atom stereocenters. The molecule has 11 nitrogen and oxygen atoms in total. The Morgan fingerprint density at radius 3 is 2.80 bits per heavy atom. The van der Waals surface area contributed by atoms with E-state index in [4.69, 9.17) is 27.8 Å². The SMILES string of the molecule is COCCn1cnc2ccc(Sc3cnc(N4CCC5(CC4)CC4=C(N=CC4)[C@H]5N)c(C(N)=O)n3)c(Cl)c2c1=O. The van der Waals surface area contributed by atoms with Crippen molar-refractivity contribution in [3.63, 3.8) is 0 Å². The van der Waals surface area contributed by atoms with Crippen molar-refractivity contribution in [2.75, 3.05) is 31.7 Å². The van der Waals surface area contributed by atoms with E-state index in [1.165, 1.54) is 28.2 Å². The van der Waals surface area contributed by atoms with Gasteiger partial charge in [0.25, 0.3) is 11.5 Å². The van der Waals surface area contributed by atoms with E-state index in [9.17, 15) is 9.59 Å². The summed E-state index contributed by atoms with van der Waals surface area (Å²) in [6.07, 6.45) is 8.64. The van der Waals surface area contributed by atoms with E-state index in [1.807, 2.05) is 6.21 Å². The number of primary amides is 1. The molecule has 3 aromatic rings. The highest BCUT2D eigenvalue weighted by atomic mass is 35.5. The summed E-state index contributed by atoms with van der Waals surface area (Å²) in [6, 6.07) is 3.44. The Morgan fingerprint density at radius 2 is 2.08 bits per heavy atom. The molecule has 4 heterocycles. The first-order chi connectivity index (χ1) is 19.3. The fourth-order valence-corrected chi connectivity index (χ4v) is 7.08. The maximum absolute atomic E-state index is 13.1. The summed E-state index contributed by atoms with van der Waals surface area (Å²) in [6.45, 7) is 2.11. The lowest BCUT2D eigenvalue weighted by Gasteiger charge is -2.43. The second-order valence-electron chi connectivity index (χ2n) is 10.4. The largest absolute Gasteiger partial charge is 0.383 e. The third-order valence-corrected chi connectivity index (χ3v) is 9.59. The highest BCUT2D eigenvalue weighted by molar-refractivity contribution is 7.99. The van der Waals surface area contributed by atoms with Gasteiger partial charge in [-0.3, -0.25) is 19.1 Å². The van der Waals surface area contributed by atoms with Crippen LogP contribution in [0.4, 0.5) is 5.82 Å². The minimum Gasteiger partial charge on any atom is -0.383 e. The van der Waals surface area contributed by atoms with Crippen LogP contribution >= 0.6 is 23.4 Å². The maximum Gasteiger partial charge on any atom is 0.271 e. The summed E-state index contributed by atoms with van der Waals surface area (Å²) in [7, 11) is 1.57. The van der Waals surface area contributed by atoms with Gasteiger partial charge in [-0.1, -0.05) is 23.4 Å². The third kappa shape index (κ3) is 4.58. The first kappa shape index (κ1) is 26.9. The van der Waals surface area contributed by atoms with Gasteiger partial charge in [0.05, 0.1) is 53.3 Å². The fraction of sp³-hybridized carbons (Fsp3) is 0.407. The molecule has 4 N–H and O–H groups in total. The average molecular weight is 581 g/mol. The zero-order valence-electron chi connectivity index (χ0n) is 22.0. The van der Waals surface area contributed by atoms with Gasteiger partial charge in [-0.25, -0.2) is 15.0 Å². The van der Waals surface area contributed by atoms with Crippen LogP contribution in [0.2, 0.25) is 5.02 Å². The molecule has 208 valence electrons. The normalized spacial score (nSPS) is 19.7. The predicted molar refractivity (Wildman–Crippen MR) is 154 cm³/mol. The van der Waals surface area contributed by atoms with Gasteiger partial charge in [0.15, 0.2) is 11.5 Å². The molecule has 1 spiro atoms. The van der Waals surface area contributed by atoms with Crippen molar-refractivity contribution in [2.24, 2.45) is 21.9 Å². The fourth-order valence-electron chi connectivity index (χ4n) is 5.93. The van der Waals surface area contributed by atoms with E-state index in [0.717, 1.165) is 31.4 Å². The maximum atomic E-state index is 13.1. The summed E-state index contributed by atoms with van der Waals surface area (Å²) in [5, 5.41) is 1.01. The molecule has 6 rings (SSSR count). The van der Waals surface area contributed by atoms with Crippen LogP contribution in [0, 0.1) is 5.41 Å². The minimum atomic E-state index is -0.660. The van der Waals surface area contributed by atoms with Gasteiger partial charge >= 0.3 is 0 Å². The van der Waals surface area contributed by atoms with Crippen LogP contribution in [-0.4, -0.2) is 64.5 Å². The monoisotopic (exact) mass is 580 g/mol. The van der Waals surface area contributed by atoms with Gasteiger partial charge in [-0.15, -0.1) is 0 Å². The number of amides is 1. The van der Waals surface area contributed by atoms with Crippen LogP contribution in [0.15, 0.2) is 55.6 Å². The molecular formula is C27H29ClN8O3S. The number of rotatable bonds is 7. The summed E-state index contributed by atoms with van der Waals surface area (Å²) < 4.78 is 6.54. The number of hydrogen-bond donors (Lipinski definition) is 2. The standard InChI is InChI=1S/C27H29ClN8O3S/c1-39-11-10-36-14-33-16-2-3-17(20(28)19(16)26(36)38)40-18-13-32-25(22(34-18)24(30)37)35-8-5-27(6-9-35)12-15-4-7-31-21(15)23(27)29/h2-3,7,13-14,23H,4-6,8-12,29H2,1H3,(H2,30,37)/t23-/m1/s1. The van der Waals surface area contributed by atoms with Gasteiger partial charge < -0.3 is 21.1 Å². The van der Waals surface area contributed by atoms with Crippen LogP contribution in [0.5, 0.6) is 0 Å². The Bertz CT molecular complexity index is 1630. The van der Waals surface area contributed by atoms with Crippen molar-refractivity contribution in [3.05, 3.63) is 57.0 Å². The molecule has 13 heteroatoms. The van der Waals surface area contributed by atoms with Crippen molar-refractivity contribution in [1.29, 1.82) is 0 Å². The van der Waals surface area contributed by atoms with Crippen molar-refractivity contribution in [3.8, 4) is 0 Å². The number of ether oxygens (including phenoxy) is 1. The van der Waals surface area contributed by atoms with E-state index in [1.54, 1.807) is 25.4 Å². The molecule has 0 radical (unpaired) electrons. The Hall–Kier alpha value is -3.32. The molecule has 1 saturated heterocycles. The van der Waals surface area contributed by atoms with Crippen molar-refractivity contribution in [1.82, 2.24) is 19.5 Å². The second-order valence-corrected chi connectivity index (χ2v) is 11.8. The van der Waals surface area contributed by atoms with Crippen molar-refractivity contribution in [2.45, 2.75) is 48.2 Å². The van der Waals surface area contributed by atoms with Crippen LogP contribution in [0.1, 0.15) is 36.2 Å². The number of nitrogens with zero attached hydrogens (tertiary/aromatic N) is 6. The van der Waals surface area contributed by atoms with Gasteiger partial charge in [0.1, 0.15) is 5.03 Å². The lowest BCUT2D eigenvalue weighted by molar-refractivity contribution is 0.0994. The van der Waals surface area contributed by atoms with Crippen LogP contribution < -0.4 is 21.9 Å². The van der Waals surface area contributed by atoms with E-state index in [-0.39, 0.29) is 27.7 Å². The van der Waals surface area contributed by atoms with Crippen molar-refractivity contribution >= 4 is 52.2 Å². The number of halogens is 1. The van der Waals surface area contributed by atoms with E-state index in [2.05, 4.69) is 24.8 Å². The Kier molecular flexibility index (Phi) is 7.11. The molecule has 3 aliphatic rings. The van der Waals surface area contributed by atoms with Gasteiger partial charge in [-0.05, 0) is 42.4 Å². The Balaban J connectivity index is 1.23. The Morgan fingerprint density at radius 1 is 1.27 bits per heavy atom. The van der Waals surface area contributed by atoms with Crippen LogP contribution in [0.25, 0.3) is 10.9 Å². The molecule has 1 atom stereocenters. The number of hydrogen-bond acceptors (Lipinski definition) is 10. The number of carbonyl (C=O) groups excluding carboxylic acids is 1. The smallest absolute Gasteiger partial charge is 0.271 e. The molecule has 2 aliphatic heterocycles. The summed E-state index contributed by atoms with van der Waals surface area (Å²) >= 11 is 7.89. The summed E-state index contributed by atoms with van der Waals surface area (Å²) in [4.78, 5) is 46.2. The van der Waals surface area contributed by atoms with E-state index in [0.29, 0.717) is 52.9 Å². The number of fused-ring (bicyclic) bond motifs is 1. The zero-order valence-corrected chi connectivity index (χ0v) is 23.5. The molecule has 0 bridgehead atoms. The van der Waals surface area contributed by atoms with Crippen LogP contribution in [-0.2, 0) is 11.3 Å². The van der Waals surface area contributed by atoms with E-state index < -0.39 is 5.91 Å². The molecule has 40 heavy (non-hydrogen) atoms. The molecule has 1 aromatic carbocycles. The van der Waals surface area contributed by atoms with Crippen LogP contribution in [0.3, 0.4) is 0 Å². The molecule has 1 aliphatic carbocycles. The number of benzene rings is 1. The topological polar surface area (TPSA) is 155 Å². The number of nitrogens with two attached hydrogens (primary N) is 2. The average Bonchev–Trinajstić information content (AvgIpc) is 3.50. The molecular weight excluding hydrogens is 552 g/mol. The molecule has 0 saturated carbocycles. The number of allylic oxidation sites excluding steroid dienone is 1. The number of aliphatic imine (C=N–C) groups is 1. The number of anilines is 1. The predicted octanol–water partition coefficient (Wildman–Crippen LogP) is 2.78. The number of carbonyl (C=O) groups is 1. The first-order valence-corrected chi connectivity index (χ1v) is 14.3. The van der Waals surface area contributed by atoms with Gasteiger partial charge in [0, 0.05) is 37.7 Å². The zero-order chi connectivity index (χ0) is 28.0. The van der Waals surface area contributed by atoms with Gasteiger partial charge in [-0.2, -0.15) is 0 Å². The van der Waals surface area contributed by atoms with Gasteiger partial charge in [0.2, 0.25) is 0 Å². The Labute approximate surface area is 239 Å². The summed E-state index contributed by atoms with van der Waals surface area (Å²) in [5.74, 6) is -0.195. The summed E-state index contributed by atoms with van der Waals surface area (Å²) in [5.41, 5.74) is 15.1. The number of methoxy groups -OCH3 is 1. The second kappa shape index (κ2) is 10.6. The lowest BCUT2D eigenvalue weighted by atomic mass is 9.72. The highest BCUT2D eigenvalue weighted by Crippen LogP contribution is 2.51. The highest BCUT2D eigenvalue weighted by Gasteiger charge is 2.48. The van der Waals surface area contributed by atoms with Crippen molar-refractivity contribution < 1.29 is 9.53 Å². The number of aromatic nitrogens is 4. The quantitative estimate of drug-likeness (QED) is 0.429.